The molecule has 1 heterocycles. The summed E-state index contributed by atoms with van der Waals surface area (Å²) in [5.41, 5.74) is 0.730. The van der Waals surface area contributed by atoms with Crippen LogP contribution < -0.4 is 10.6 Å². The van der Waals surface area contributed by atoms with Crippen LogP contribution >= 0.6 is 49.9 Å². The van der Waals surface area contributed by atoms with Crippen molar-refractivity contribution in [3.05, 3.63) is 31.2 Å². The van der Waals surface area contributed by atoms with Gasteiger partial charge in [-0.2, -0.15) is 0 Å². The topological polar surface area (TPSA) is 66.9 Å². The van der Waals surface area contributed by atoms with E-state index in [0.29, 0.717) is 10.1 Å². The Morgan fingerprint density at radius 3 is 2.83 bits per heavy atom. The quantitative estimate of drug-likeness (QED) is 0.722. The van der Waals surface area contributed by atoms with Crippen LogP contribution in [0.15, 0.2) is 22.7 Å². The van der Waals surface area contributed by atoms with Gasteiger partial charge in [0.25, 0.3) is 5.91 Å². The number of rotatable bonds is 3. The summed E-state index contributed by atoms with van der Waals surface area (Å²) in [6.07, 6.45) is 0. The molecule has 8 heteroatoms. The highest BCUT2D eigenvalue weighted by molar-refractivity contribution is 14.1. The van der Waals surface area contributed by atoms with Crippen LogP contribution in [0.1, 0.15) is 9.80 Å². The fourth-order valence-corrected chi connectivity index (χ4v) is 2.53. The Hall–Kier alpha value is -0.740. The van der Waals surface area contributed by atoms with E-state index in [2.05, 4.69) is 59.4 Å². The maximum absolute atomic E-state index is 11.9. The number of hydrogen-bond donors (Lipinski definition) is 2. The summed E-state index contributed by atoms with van der Waals surface area (Å²) in [6.45, 7) is 0. The summed E-state index contributed by atoms with van der Waals surface area (Å²) in [7, 11) is 1.74. The van der Waals surface area contributed by atoms with E-state index in [9.17, 15) is 4.79 Å². The molecule has 94 valence electrons. The molecule has 0 radical (unpaired) electrons. The third-order valence-corrected chi connectivity index (χ3v) is 5.28. The van der Waals surface area contributed by atoms with Gasteiger partial charge in [0.15, 0.2) is 0 Å². The molecule has 0 spiro atoms. The van der Waals surface area contributed by atoms with Gasteiger partial charge in [0.05, 0.1) is 0 Å². The number of nitrogens with zero attached hydrogens (tertiary/aromatic N) is 2. The number of amides is 1. The lowest BCUT2D eigenvalue weighted by Crippen LogP contribution is -2.11. The molecule has 0 saturated heterocycles. The minimum atomic E-state index is -0.257. The molecule has 18 heavy (non-hydrogen) atoms. The highest BCUT2D eigenvalue weighted by atomic mass is 127. The SMILES string of the molecule is CNc1nnc(C(=O)Nc2ccc(Br)c(I)c2)s1. The van der Waals surface area contributed by atoms with Gasteiger partial charge < -0.3 is 10.6 Å². The first-order valence-electron chi connectivity index (χ1n) is 4.88. The standard InChI is InChI=1S/C10H8BrIN4OS/c1-13-10-16-15-9(18-10)8(17)14-5-2-3-6(11)7(12)4-5/h2-4H,1H3,(H,13,16)(H,14,17). The molecule has 1 aromatic carbocycles. The van der Waals surface area contributed by atoms with Crippen molar-refractivity contribution in [1.82, 2.24) is 10.2 Å². The number of halogens is 2. The minimum absolute atomic E-state index is 0.257. The maximum atomic E-state index is 11.9. The maximum Gasteiger partial charge on any atom is 0.286 e. The molecular weight excluding hydrogens is 431 g/mol. The van der Waals surface area contributed by atoms with Crippen molar-refractivity contribution < 1.29 is 4.79 Å². The van der Waals surface area contributed by atoms with Gasteiger partial charge in [0.2, 0.25) is 10.1 Å². The lowest BCUT2D eigenvalue weighted by Gasteiger charge is -2.04. The summed E-state index contributed by atoms with van der Waals surface area (Å²) in [5, 5.41) is 14.2. The Morgan fingerprint density at radius 1 is 1.44 bits per heavy atom. The van der Waals surface area contributed by atoms with Crippen molar-refractivity contribution in [2.24, 2.45) is 0 Å². The molecule has 0 aliphatic carbocycles. The van der Waals surface area contributed by atoms with Gasteiger partial charge in [-0.05, 0) is 56.7 Å². The van der Waals surface area contributed by atoms with Crippen molar-refractivity contribution in [3.63, 3.8) is 0 Å². The first-order chi connectivity index (χ1) is 8.60. The molecule has 0 aliphatic heterocycles. The molecule has 5 nitrogen and oxygen atoms in total. The van der Waals surface area contributed by atoms with Gasteiger partial charge in [-0.1, -0.05) is 11.3 Å². The van der Waals surface area contributed by atoms with Crippen molar-refractivity contribution in [2.45, 2.75) is 0 Å². The summed E-state index contributed by atoms with van der Waals surface area (Å²) in [5.74, 6) is -0.257. The van der Waals surface area contributed by atoms with Crippen LogP contribution in [-0.4, -0.2) is 23.2 Å². The van der Waals surface area contributed by atoms with Crippen LogP contribution in [0.2, 0.25) is 0 Å². The minimum Gasteiger partial charge on any atom is -0.363 e. The number of hydrogen-bond acceptors (Lipinski definition) is 5. The van der Waals surface area contributed by atoms with Crippen molar-refractivity contribution in [2.75, 3.05) is 17.7 Å². The van der Waals surface area contributed by atoms with E-state index in [1.54, 1.807) is 7.05 Å². The zero-order valence-electron chi connectivity index (χ0n) is 9.20. The smallest absolute Gasteiger partial charge is 0.286 e. The van der Waals surface area contributed by atoms with E-state index >= 15 is 0 Å². The molecule has 2 N–H and O–H groups in total. The summed E-state index contributed by atoms with van der Waals surface area (Å²) in [4.78, 5) is 11.9. The Labute approximate surface area is 130 Å². The van der Waals surface area contributed by atoms with Crippen LogP contribution in [0.25, 0.3) is 0 Å². The average Bonchev–Trinajstić information content (AvgIpc) is 2.82. The number of anilines is 2. The van der Waals surface area contributed by atoms with E-state index in [4.69, 9.17) is 0 Å². The lowest BCUT2D eigenvalue weighted by molar-refractivity contribution is 0.102. The Kier molecular flexibility index (Phi) is 4.51. The second-order valence-corrected chi connectivity index (χ2v) is 6.24. The molecule has 0 aliphatic rings. The second-order valence-electron chi connectivity index (χ2n) is 3.25. The monoisotopic (exact) mass is 438 g/mol. The third-order valence-electron chi connectivity index (χ3n) is 2.01. The third kappa shape index (κ3) is 3.18. The van der Waals surface area contributed by atoms with Gasteiger partial charge in [-0.15, -0.1) is 10.2 Å². The van der Waals surface area contributed by atoms with Gasteiger partial charge in [0.1, 0.15) is 0 Å². The van der Waals surface area contributed by atoms with Gasteiger partial charge in [-0.25, -0.2) is 0 Å². The largest absolute Gasteiger partial charge is 0.363 e. The number of carbonyl (C=O) groups is 1. The molecule has 0 atom stereocenters. The molecule has 0 saturated carbocycles. The predicted octanol–water partition coefficient (Wildman–Crippen LogP) is 3.20. The first kappa shape index (κ1) is 13.7. The number of benzene rings is 1. The zero-order chi connectivity index (χ0) is 13.1. The molecular formula is C10H8BrIN4OS. The summed E-state index contributed by atoms with van der Waals surface area (Å²) < 4.78 is 2.02. The average molecular weight is 439 g/mol. The van der Waals surface area contributed by atoms with E-state index in [1.165, 1.54) is 11.3 Å². The van der Waals surface area contributed by atoms with Crippen LogP contribution in [0, 0.1) is 3.57 Å². The highest BCUT2D eigenvalue weighted by Gasteiger charge is 2.12. The molecule has 1 aromatic heterocycles. The van der Waals surface area contributed by atoms with Crippen LogP contribution in [0.3, 0.4) is 0 Å². The molecule has 0 bridgehead atoms. The fourth-order valence-electron chi connectivity index (χ4n) is 1.17. The second kappa shape index (κ2) is 5.93. The van der Waals surface area contributed by atoms with Crippen molar-refractivity contribution in [3.8, 4) is 0 Å². The van der Waals surface area contributed by atoms with Crippen LogP contribution in [0.4, 0.5) is 10.8 Å². The molecule has 0 unspecified atom stereocenters. The highest BCUT2D eigenvalue weighted by Crippen LogP contribution is 2.23. The van der Waals surface area contributed by atoms with E-state index in [-0.39, 0.29) is 5.91 Å². The molecule has 0 fully saturated rings. The molecule has 2 rings (SSSR count). The lowest BCUT2D eigenvalue weighted by atomic mass is 10.3. The van der Waals surface area contributed by atoms with Gasteiger partial charge in [0, 0.05) is 20.8 Å². The zero-order valence-corrected chi connectivity index (χ0v) is 13.8. The van der Waals surface area contributed by atoms with E-state index in [0.717, 1.165) is 13.7 Å². The fraction of sp³-hybridized carbons (Fsp3) is 0.100. The van der Waals surface area contributed by atoms with E-state index in [1.807, 2.05) is 18.2 Å². The number of carbonyl (C=O) groups excluding carboxylic acids is 1. The molecule has 2 aromatic rings. The van der Waals surface area contributed by atoms with Crippen molar-refractivity contribution in [1.29, 1.82) is 0 Å². The number of aromatic nitrogens is 2. The summed E-state index contributed by atoms with van der Waals surface area (Å²) >= 11 is 6.80. The Bertz CT molecular complexity index is 589. The van der Waals surface area contributed by atoms with Gasteiger partial charge in [-0.3, -0.25) is 4.79 Å². The van der Waals surface area contributed by atoms with Crippen LogP contribution in [-0.2, 0) is 0 Å². The summed E-state index contributed by atoms with van der Waals surface area (Å²) in [6, 6.07) is 5.59. The van der Waals surface area contributed by atoms with Gasteiger partial charge >= 0.3 is 0 Å². The predicted molar refractivity (Wildman–Crippen MR) is 84.3 cm³/mol. The molecule has 1 amide bonds. The first-order valence-corrected chi connectivity index (χ1v) is 7.56. The number of nitrogens with one attached hydrogen (secondary N) is 2. The van der Waals surface area contributed by atoms with Crippen LogP contribution in [0.5, 0.6) is 0 Å². The Balaban J connectivity index is 2.13. The Morgan fingerprint density at radius 2 is 2.22 bits per heavy atom. The van der Waals surface area contributed by atoms with Crippen molar-refractivity contribution >= 4 is 66.6 Å². The normalized spacial score (nSPS) is 10.2. The van der Waals surface area contributed by atoms with E-state index < -0.39 is 0 Å².